The Hall–Kier alpha value is -0.260. The molecule has 0 saturated heterocycles. The van der Waals surface area contributed by atoms with Crippen LogP contribution < -0.4 is 0 Å². The van der Waals surface area contributed by atoms with Crippen molar-refractivity contribution in [3.8, 4) is 0 Å². The van der Waals surface area contributed by atoms with Gasteiger partial charge in [0.05, 0.1) is 0 Å². The minimum absolute atomic E-state index is 0.966. The lowest BCUT2D eigenvalue weighted by atomic mass is 9.61. The Balaban J connectivity index is 2.18. The van der Waals surface area contributed by atoms with Crippen LogP contribution in [-0.2, 0) is 0 Å². The summed E-state index contributed by atoms with van der Waals surface area (Å²) in [6, 6.07) is 0. The molecule has 3 rings (SSSR count). The van der Waals surface area contributed by atoms with E-state index in [0.717, 1.165) is 17.8 Å². The molecule has 0 aromatic heterocycles. The average Bonchev–Trinajstić information content (AvgIpc) is 1.89. The Labute approximate surface area is 50.6 Å². The molecule has 1 saturated carbocycles. The van der Waals surface area contributed by atoms with Crippen molar-refractivity contribution < 1.29 is 0 Å². The van der Waals surface area contributed by atoms with Crippen LogP contribution in [0, 0.1) is 17.8 Å². The van der Waals surface area contributed by atoms with Gasteiger partial charge in [-0.15, -0.1) is 0 Å². The SMILES string of the molecule is C[C@@H]1C2C=CCC1C2. The van der Waals surface area contributed by atoms with Gasteiger partial charge in [-0.25, -0.2) is 0 Å². The third kappa shape index (κ3) is 0.410. The lowest BCUT2D eigenvalue weighted by Crippen LogP contribution is -2.35. The molecule has 3 atom stereocenters. The van der Waals surface area contributed by atoms with Gasteiger partial charge < -0.3 is 0 Å². The summed E-state index contributed by atoms with van der Waals surface area (Å²) in [6.45, 7) is 2.38. The third-order valence-corrected chi connectivity index (χ3v) is 2.82. The fourth-order valence-electron chi connectivity index (χ4n) is 1.93. The smallest absolute Gasteiger partial charge is 0.0202 e. The summed E-state index contributed by atoms with van der Waals surface area (Å²) in [5.74, 6) is 3.04. The summed E-state index contributed by atoms with van der Waals surface area (Å²) in [5, 5.41) is 0. The standard InChI is InChI=1S/C8H12/c1-6-7-3-2-4-8(6)5-7/h2-3,6-8H,4-5H2,1H3/t6-,7?,8?/m1/s1. The van der Waals surface area contributed by atoms with Gasteiger partial charge in [0, 0.05) is 0 Å². The van der Waals surface area contributed by atoms with E-state index < -0.39 is 0 Å². The average molecular weight is 108 g/mol. The molecule has 0 radical (unpaired) electrons. The summed E-state index contributed by atoms with van der Waals surface area (Å²) < 4.78 is 0. The van der Waals surface area contributed by atoms with Crippen LogP contribution in [0.2, 0.25) is 0 Å². The summed E-state index contributed by atoms with van der Waals surface area (Å²) in [4.78, 5) is 0. The Morgan fingerprint density at radius 1 is 1.50 bits per heavy atom. The zero-order chi connectivity index (χ0) is 5.56. The highest BCUT2D eigenvalue weighted by Crippen LogP contribution is 2.46. The van der Waals surface area contributed by atoms with Crippen molar-refractivity contribution in [3.63, 3.8) is 0 Å². The molecule has 0 nitrogen and oxygen atoms in total. The van der Waals surface area contributed by atoms with E-state index in [1.807, 2.05) is 0 Å². The Bertz CT molecular complexity index is 124. The molecule has 44 valence electrons. The molecule has 0 N–H and O–H groups in total. The molecular formula is C8H12. The summed E-state index contributed by atoms with van der Waals surface area (Å²) in [7, 11) is 0. The highest BCUT2D eigenvalue weighted by Gasteiger charge is 2.37. The molecule has 2 bridgehead atoms. The molecule has 1 fully saturated rings. The van der Waals surface area contributed by atoms with Gasteiger partial charge in [-0.3, -0.25) is 0 Å². The molecule has 0 spiro atoms. The van der Waals surface area contributed by atoms with Crippen molar-refractivity contribution in [1.29, 1.82) is 0 Å². The van der Waals surface area contributed by atoms with E-state index in [1.54, 1.807) is 0 Å². The number of fused-ring (bicyclic) bond motifs is 1. The molecule has 3 aliphatic carbocycles. The van der Waals surface area contributed by atoms with Gasteiger partial charge in [-0.1, -0.05) is 19.1 Å². The van der Waals surface area contributed by atoms with E-state index in [9.17, 15) is 0 Å². The highest BCUT2D eigenvalue weighted by molar-refractivity contribution is 5.07. The summed E-state index contributed by atoms with van der Waals surface area (Å²) >= 11 is 0. The Morgan fingerprint density at radius 3 is 2.62 bits per heavy atom. The van der Waals surface area contributed by atoms with Gasteiger partial charge in [0.25, 0.3) is 0 Å². The van der Waals surface area contributed by atoms with Crippen molar-refractivity contribution in [2.24, 2.45) is 17.8 Å². The van der Waals surface area contributed by atoms with Crippen LogP contribution >= 0.6 is 0 Å². The van der Waals surface area contributed by atoms with Crippen LogP contribution in [0.5, 0.6) is 0 Å². The maximum atomic E-state index is 2.39. The fraction of sp³-hybridized carbons (Fsp3) is 0.750. The van der Waals surface area contributed by atoms with Gasteiger partial charge in [0.15, 0.2) is 0 Å². The van der Waals surface area contributed by atoms with Crippen LogP contribution in [0.1, 0.15) is 19.8 Å². The number of allylic oxidation sites excluding steroid dienone is 2. The summed E-state index contributed by atoms with van der Waals surface area (Å²) in [6.07, 6.45) is 7.58. The Kier molecular flexibility index (Phi) is 0.787. The minimum Gasteiger partial charge on any atom is -0.0880 e. The largest absolute Gasteiger partial charge is 0.0880 e. The van der Waals surface area contributed by atoms with E-state index in [1.165, 1.54) is 12.8 Å². The third-order valence-electron chi connectivity index (χ3n) is 2.82. The maximum absolute atomic E-state index is 2.39. The molecule has 8 heavy (non-hydrogen) atoms. The molecule has 2 unspecified atom stereocenters. The molecule has 0 aliphatic heterocycles. The van der Waals surface area contributed by atoms with Crippen LogP contribution in [0.3, 0.4) is 0 Å². The number of rotatable bonds is 0. The lowest BCUT2D eigenvalue weighted by molar-refractivity contribution is 0.115. The van der Waals surface area contributed by atoms with Crippen LogP contribution in [0.25, 0.3) is 0 Å². The van der Waals surface area contributed by atoms with Crippen molar-refractivity contribution in [2.75, 3.05) is 0 Å². The number of hydrogen-bond donors (Lipinski definition) is 0. The molecule has 3 aliphatic rings. The topological polar surface area (TPSA) is 0 Å². The molecule has 0 aromatic rings. The molecule has 0 aromatic carbocycles. The fourth-order valence-corrected chi connectivity index (χ4v) is 1.93. The first kappa shape index (κ1) is 4.60. The van der Waals surface area contributed by atoms with Crippen molar-refractivity contribution in [1.82, 2.24) is 0 Å². The van der Waals surface area contributed by atoms with Crippen LogP contribution in [-0.4, -0.2) is 0 Å². The second kappa shape index (κ2) is 1.37. The predicted molar refractivity (Wildman–Crippen MR) is 34.5 cm³/mol. The van der Waals surface area contributed by atoms with Crippen molar-refractivity contribution in [2.45, 2.75) is 19.8 Å². The first-order valence-corrected chi connectivity index (χ1v) is 3.54. The van der Waals surface area contributed by atoms with Crippen LogP contribution in [0.4, 0.5) is 0 Å². The second-order valence-corrected chi connectivity index (χ2v) is 3.18. The number of hydrogen-bond acceptors (Lipinski definition) is 0. The molecular weight excluding hydrogens is 96.1 g/mol. The molecule has 0 heterocycles. The van der Waals surface area contributed by atoms with Gasteiger partial charge in [-0.2, -0.15) is 0 Å². The van der Waals surface area contributed by atoms with Gasteiger partial charge >= 0.3 is 0 Å². The van der Waals surface area contributed by atoms with Gasteiger partial charge in [-0.05, 0) is 30.6 Å². The van der Waals surface area contributed by atoms with E-state index in [-0.39, 0.29) is 0 Å². The quantitative estimate of drug-likeness (QED) is 0.417. The maximum Gasteiger partial charge on any atom is -0.0202 e. The zero-order valence-corrected chi connectivity index (χ0v) is 5.30. The highest BCUT2D eigenvalue weighted by atomic mass is 14.4. The Morgan fingerprint density at radius 2 is 2.38 bits per heavy atom. The predicted octanol–water partition coefficient (Wildman–Crippen LogP) is 2.22. The second-order valence-electron chi connectivity index (χ2n) is 3.18. The summed E-state index contributed by atoms with van der Waals surface area (Å²) in [5.41, 5.74) is 0. The van der Waals surface area contributed by atoms with E-state index in [4.69, 9.17) is 0 Å². The van der Waals surface area contributed by atoms with Crippen molar-refractivity contribution >= 4 is 0 Å². The lowest BCUT2D eigenvalue weighted by Gasteiger charge is -2.44. The molecule has 0 heteroatoms. The normalized spacial score (nSPS) is 50.9. The minimum atomic E-state index is 0.966. The van der Waals surface area contributed by atoms with E-state index in [2.05, 4.69) is 19.1 Å². The van der Waals surface area contributed by atoms with Crippen molar-refractivity contribution in [3.05, 3.63) is 12.2 Å². The van der Waals surface area contributed by atoms with Gasteiger partial charge in [0.1, 0.15) is 0 Å². The first-order valence-electron chi connectivity index (χ1n) is 3.54. The monoisotopic (exact) mass is 108 g/mol. The first-order chi connectivity index (χ1) is 3.88. The molecule has 0 amide bonds. The van der Waals surface area contributed by atoms with E-state index >= 15 is 0 Å². The van der Waals surface area contributed by atoms with Gasteiger partial charge in [0.2, 0.25) is 0 Å². The van der Waals surface area contributed by atoms with E-state index in [0.29, 0.717) is 0 Å². The van der Waals surface area contributed by atoms with Crippen LogP contribution in [0.15, 0.2) is 12.2 Å². The zero-order valence-electron chi connectivity index (χ0n) is 5.30.